The first kappa shape index (κ1) is 17.0. The molecule has 0 atom stereocenters. The van der Waals surface area contributed by atoms with Crippen LogP contribution in [-0.2, 0) is 25.1 Å². The molecular formula is C20H20N4OS. The van der Waals surface area contributed by atoms with Gasteiger partial charge in [0.15, 0.2) is 0 Å². The molecule has 0 saturated heterocycles. The number of aromatic nitrogens is 4. The number of hydrogen-bond acceptors (Lipinski definition) is 5. The van der Waals surface area contributed by atoms with E-state index >= 15 is 0 Å². The van der Waals surface area contributed by atoms with Crippen molar-refractivity contribution in [2.75, 3.05) is 0 Å². The average Bonchev–Trinajstić information content (AvgIpc) is 2.70. The molecule has 3 aromatic heterocycles. The van der Waals surface area contributed by atoms with Crippen molar-refractivity contribution in [2.45, 2.75) is 43.0 Å². The lowest BCUT2D eigenvalue weighted by molar-refractivity contribution is 0.569. The fourth-order valence-corrected chi connectivity index (χ4v) is 4.37. The standard InChI is InChI=1S/C20H20N4OS/c25-20-23-19(26-14-15-7-10-21-11-8-15)17-5-1-2-6-18(17)24(20)13-16-4-3-9-22-12-16/h3-4,7-12H,1-2,5-6,13-14H2. The Balaban J connectivity index is 1.66. The van der Waals surface area contributed by atoms with Gasteiger partial charge in [0.1, 0.15) is 5.03 Å². The van der Waals surface area contributed by atoms with Crippen molar-refractivity contribution >= 4 is 11.8 Å². The first-order chi connectivity index (χ1) is 12.8. The first-order valence-electron chi connectivity index (χ1n) is 8.84. The molecule has 26 heavy (non-hydrogen) atoms. The van der Waals surface area contributed by atoms with Crippen molar-refractivity contribution in [3.63, 3.8) is 0 Å². The molecule has 0 amide bonds. The smallest absolute Gasteiger partial charge is 0.291 e. The summed E-state index contributed by atoms with van der Waals surface area (Å²) in [6.45, 7) is 0.539. The van der Waals surface area contributed by atoms with E-state index in [4.69, 9.17) is 0 Å². The van der Waals surface area contributed by atoms with Gasteiger partial charge in [0, 0.05) is 41.8 Å². The fourth-order valence-electron chi connectivity index (χ4n) is 3.34. The molecule has 0 saturated carbocycles. The SMILES string of the molecule is O=c1nc(SCc2ccncc2)c2c(n1Cc1cccnc1)CCCC2. The summed E-state index contributed by atoms with van der Waals surface area (Å²) in [7, 11) is 0. The molecule has 132 valence electrons. The van der Waals surface area contributed by atoms with Gasteiger partial charge in [-0.25, -0.2) is 4.79 Å². The summed E-state index contributed by atoms with van der Waals surface area (Å²) in [5.41, 5.74) is 4.46. The zero-order valence-corrected chi connectivity index (χ0v) is 15.3. The minimum Gasteiger partial charge on any atom is -0.291 e. The number of hydrogen-bond donors (Lipinski definition) is 0. The maximum Gasteiger partial charge on any atom is 0.349 e. The van der Waals surface area contributed by atoms with E-state index in [1.807, 2.05) is 35.0 Å². The van der Waals surface area contributed by atoms with Crippen LogP contribution in [0.4, 0.5) is 0 Å². The molecule has 1 aliphatic rings. The van der Waals surface area contributed by atoms with Crippen LogP contribution in [0.1, 0.15) is 35.2 Å². The molecule has 5 nitrogen and oxygen atoms in total. The van der Waals surface area contributed by atoms with Crippen LogP contribution in [0, 0.1) is 0 Å². The lowest BCUT2D eigenvalue weighted by atomic mass is 9.97. The Kier molecular flexibility index (Phi) is 5.11. The third kappa shape index (κ3) is 3.70. The third-order valence-corrected chi connectivity index (χ3v) is 5.73. The average molecular weight is 364 g/mol. The summed E-state index contributed by atoms with van der Waals surface area (Å²) in [5.74, 6) is 0.800. The van der Waals surface area contributed by atoms with Gasteiger partial charge in [-0.05, 0) is 55.0 Å². The van der Waals surface area contributed by atoms with Crippen LogP contribution in [-0.4, -0.2) is 19.5 Å². The predicted molar refractivity (Wildman–Crippen MR) is 102 cm³/mol. The molecule has 6 heteroatoms. The Morgan fingerprint density at radius 2 is 1.85 bits per heavy atom. The van der Waals surface area contributed by atoms with Gasteiger partial charge in [0.25, 0.3) is 0 Å². The lowest BCUT2D eigenvalue weighted by Gasteiger charge is -2.22. The van der Waals surface area contributed by atoms with Crippen molar-refractivity contribution in [2.24, 2.45) is 0 Å². The second-order valence-corrected chi connectivity index (χ2v) is 7.39. The highest BCUT2D eigenvalue weighted by atomic mass is 32.2. The molecule has 0 spiro atoms. The van der Waals surface area contributed by atoms with E-state index in [0.717, 1.165) is 47.7 Å². The summed E-state index contributed by atoms with van der Waals surface area (Å²) in [4.78, 5) is 25.4. The third-order valence-electron chi connectivity index (χ3n) is 4.64. The largest absolute Gasteiger partial charge is 0.349 e. The highest BCUT2D eigenvalue weighted by molar-refractivity contribution is 7.98. The van der Waals surface area contributed by atoms with Crippen LogP contribution in [0.3, 0.4) is 0 Å². The lowest BCUT2D eigenvalue weighted by Crippen LogP contribution is -2.30. The molecule has 3 heterocycles. The highest BCUT2D eigenvalue weighted by Gasteiger charge is 2.20. The van der Waals surface area contributed by atoms with E-state index in [9.17, 15) is 4.79 Å². The summed E-state index contributed by atoms with van der Waals surface area (Å²) in [6.07, 6.45) is 11.4. The highest BCUT2D eigenvalue weighted by Crippen LogP contribution is 2.30. The van der Waals surface area contributed by atoms with Crippen LogP contribution in [0.15, 0.2) is 58.9 Å². The Labute approximate surface area is 156 Å². The van der Waals surface area contributed by atoms with Gasteiger partial charge in [-0.15, -0.1) is 11.8 Å². The minimum atomic E-state index is -0.160. The van der Waals surface area contributed by atoms with Crippen LogP contribution in [0.5, 0.6) is 0 Å². The zero-order valence-electron chi connectivity index (χ0n) is 14.5. The normalized spacial score (nSPS) is 13.4. The molecule has 0 aromatic carbocycles. The second-order valence-electron chi connectivity index (χ2n) is 6.42. The zero-order chi connectivity index (χ0) is 17.8. The maximum absolute atomic E-state index is 12.7. The fraction of sp³-hybridized carbons (Fsp3) is 0.300. The number of pyridine rings is 2. The Bertz CT molecular complexity index is 941. The molecule has 0 aliphatic heterocycles. The topological polar surface area (TPSA) is 60.7 Å². The molecule has 0 unspecified atom stereocenters. The summed E-state index contributed by atoms with van der Waals surface area (Å²) < 4.78 is 1.84. The van der Waals surface area contributed by atoms with E-state index in [1.54, 1.807) is 30.4 Å². The van der Waals surface area contributed by atoms with Crippen LogP contribution in [0.2, 0.25) is 0 Å². The molecule has 0 radical (unpaired) electrons. The van der Waals surface area contributed by atoms with Crippen LogP contribution in [0.25, 0.3) is 0 Å². The molecule has 0 fully saturated rings. The van der Waals surface area contributed by atoms with E-state index in [2.05, 4.69) is 15.0 Å². The number of fused-ring (bicyclic) bond motifs is 1. The van der Waals surface area contributed by atoms with E-state index in [1.165, 1.54) is 11.1 Å². The minimum absolute atomic E-state index is 0.160. The van der Waals surface area contributed by atoms with Crippen molar-refractivity contribution < 1.29 is 0 Å². The Hall–Kier alpha value is -2.47. The van der Waals surface area contributed by atoms with Crippen molar-refractivity contribution in [3.05, 3.63) is 81.9 Å². The second kappa shape index (κ2) is 7.83. The van der Waals surface area contributed by atoms with Gasteiger partial charge in [-0.1, -0.05) is 6.07 Å². The van der Waals surface area contributed by atoms with Gasteiger partial charge in [-0.3, -0.25) is 14.5 Å². The van der Waals surface area contributed by atoms with E-state index in [0.29, 0.717) is 6.54 Å². The van der Waals surface area contributed by atoms with Gasteiger partial charge in [0.2, 0.25) is 0 Å². The predicted octanol–water partition coefficient (Wildman–Crippen LogP) is 3.25. The number of nitrogens with zero attached hydrogens (tertiary/aromatic N) is 4. The van der Waals surface area contributed by atoms with Gasteiger partial charge in [-0.2, -0.15) is 4.98 Å². The number of thioether (sulfide) groups is 1. The van der Waals surface area contributed by atoms with Gasteiger partial charge >= 0.3 is 5.69 Å². The van der Waals surface area contributed by atoms with Crippen molar-refractivity contribution in [1.82, 2.24) is 19.5 Å². The Morgan fingerprint density at radius 3 is 2.65 bits per heavy atom. The Morgan fingerprint density at radius 1 is 1.00 bits per heavy atom. The van der Waals surface area contributed by atoms with E-state index in [-0.39, 0.29) is 5.69 Å². The van der Waals surface area contributed by atoms with E-state index < -0.39 is 0 Å². The molecule has 4 rings (SSSR count). The van der Waals surface area contributed by atoms with Crippen LogP contribution >= 0.6 is 11.8 Å². The molecular weight excluding hydrogens is 344 g/mol. The number of rotatable bonds is 5. The van der Waals surface area contributed by atoms with Crippen molar-refractivity contribution in [3.8, 4) is 0 Å². The maximum atomic E-state index is 12.7. The van der Waals surface area contributed by atoms with Gasteiger partial charge < -0.3 is 0 Å². The van der Waals surface area contributed by atoms with Gasteiger partial charge in [0.05, 0.1) is 6.54 Å². The summed E-state index contributed by atoms with van der Waals surface area (Å²) in [5, 5.41) is 0.893. The summed E-state index contributed by atoms with van der Waals surface area (Å²) >= 11 is 1.65. The van der Waals surface area contributed by atoms with Crippen LogP contribution < -0.4 is 5.69 Å². The first-order valence-corrected chi connectivity index (χ1v) is 9.83. The molecule has 0 bridgehead atoms. The molecule has 0 N–H and O–H groups in total. The molecule has 3 aromatic rings. The monoisotopic (exact) mass is 364 g/mol. The summed E-state index contributed by atoms with van der Waals surface area (Å²) in [6, 6.07) is 7.91. The van der Waals surface area contributed by atoms with Crippen molar-refractivity contribution in [1.29, 1.82) is 0 Å². The quantitative estimate of drug-likeness (QED) is 0.514. The molecule has 1 aliphatic carbocycles.